The third kappa shape index (κ3) is 2.79. The molecule has 0 aliphatic heterocycles. The third-order valence-corrected chi connectivity index (χ3v) is 1.40. The molecule has 0 saturated heterocycles. The number of nitrogens with one attached hydrogen (secondary N) is 3. The van der Waals surface area contributed by atoms with Gasteiger partial charge < -0.3 is 5.32 Å². The first-order chi connectivity index (χ1) is 4.26. The van der Waals surface area contributed by atoms with Gasteiger partial charge in [-0.1, -0.05) is 0 Å². The summed E-state index contributed by atoms with van der Waals surface area (Å²) in [5.41, 5.74) is 0. The fraction of sp³-hybridized carbons (Fsp3) is 0.833. The van der Waals surface area contributed by atoms with Crippen molar-refractivity contribution >= 4 is 0 Å². The van der Waals surface area contributed by atoms with Gasteiger partial charge in [-0.3, -0.25) is 10.6 Å². The SMILES string of the molecule is CN[C](NC)C(C)NC. The summed E-state index contributed by atoms with van der Waals surface area (Å²) >= 11 is 0. The molecule has 9 heavy (non-hydrogen) atoms. The molecular formula is C6H16N3. The molecule has 0 saturated carbocycles. The Morgan fingerprint density at radius 2 is 1.56 bits per heavy atom. The molecule has 3 heteroatoms. The largest absolute Gasteiger partial charge is 0.314 e. The Kier molecular flexibility index (Phi) is 4.67. The van der Waals surface area contributed by atoms with Crippen LogP contribution in [0.4, 0.5) is 0 Å². The number of rotatable bonds is 4. The zero-order chi connectivity index (χ0) is 7.28. The van der Waals surface area contributed by atoms with Crippen LogP contribution in [0.1, 0.15) is 6.92 Å². The quantitative estimate of drug-likeness (QED) is 0.481. The zero-order valence-corrected chi connectivity index (χ0v) is 6.58. The molecule has 1 atom stereocenters. The van der Waals surface area contributed by atoms with Crippen molar-refractivity contribution in [1.82, 2.24) is 16.0 Å². The standard InChI is InChI=1S/C6H16N3/c1-5(7-2)6(8-3)9-4/h5,7-9H,1-4H3. The van der Waals surface area contributed by atoms with Crippen LogP contribution < -0.4 is 16.0 Å². The van der Waals surface area contributed by atoms with Crippen molar-refractivity contribution in [3.63, 3.8) is 0 Å². The van der Waals surface area contributed by atoms with Crippen LogP contribution >= 0.6 is 0 Å². The van der Waals surface area contributed by atoms with E-state index in [-0.39, 0.29) is 0 Å². The lowest BCUT2D eigenvalue weighted by Crippen LogP contribution is -2.43. The number of hydrogen-bond donors (Lipinski definition) is 3. The van der Waals surface area contributed by atoms with E-state index in [1.165, 1.54) is 0 Å². The van der Waals surface area contributed by atoms with Gasteiger partial charge in [-0.2, -0.15) is 0 Å². The highest BCUT2D eigenvalue weighted by molar-refractivity contribution is 4.90. The van der Waals surface area contributed by atoms with E-state index in [0.29, 0.717) is 6.04 Å². The zero-order valence-electron chi connectivity index (χ0n) is 6.58. The lowest BCUT2D eigenvalue weighted by Gasteiger charge is -2.20. The Labute approximate surface area is 57.2 Å². The van der Waals surface area contributed by atoms with E-state index in [9.17, 15) is 0 Å². The molecule has 1 radical (unpaired) electrons. The van der Waals surface area contributed by atoms with Crippen LogP contribution in [0.5, 0.6) is 0 Å². The molecule has 0 aromatic carbocycles. The fourth-order valence-corrected chi connectivity index (χ4v) is 0.702. The van der Waals surface area contributed by atoms with Crippen molar-refractivity contribution in [2.45, 2.75) is 13.0 Å². The molecule has 0 aromatic heterocycles. The highest BCUT2D eigenvalue weighted by Gasteiger charge is 2.10. The van der Waals surface area contributed by atoms with Crippen LogP contribution in [-0.2, 0) is 0 Å². The number of hydrogen-bond acceptors (Lipinski definition) is 3. The van der Waals surface area contributed by atoms with Crippen molar-refractivity contribution in [2.24, 2.45) is 0 Å². The van der Waals surface area contributed by atoms with Gasteiger partial charge in [0.1, 0.15) is 6.17 Å². The average Bonchev–Trinajstić information content (AvgIpc) is 1.90. The Morgan fingerprint density at radius 1 is 1.11 bits per heavy atom. The van der Waals surface area contributed by atoms with E-state index in [1.807, 2.05) is 21.1 Å². The lowest BCUT2D eigenvalue weighted by atomic mass is 10.3. The fourth-order valence-electron chi connectivity index (χ4n) is 0.702. The Bertz CT molecular complexity index is 61.3. The summed E-state index contributed by atoms with van der Waals surface area (Å²) in [6.45, 7) is 2.09. The molecule has 3 N–H and O–H groups in total. The summed E-state index contributed by atoms with van der Waals surface area (Å²) in [4.78, 5) is 0. The monoisotopic (exact) mass is 130 g/mol. The summed E-state index contributed by atoms with van der Waals surface area (Å²) in [6.07, 6.45) is 1.11. The maximum Gasteiger partial charge on any atom is 0.118 e. The highest BCUT2D eigenvalue weighted by Crippen LogP contribution is 1.92. The van der Waals surface area contributed by atoms with Gasteiger partial charge in [-0.25, -0.2) is 0 Å². The maximum absolute atomic E-state index is 3.10. The predicted octanol–water partition coefficient (Wildman–Crippen LogP) is -0.477. The van der Waals surface area contributed by atoms with Crippen molar-refractivity contribution in [2.75, 3.05) is 21.1 Å². The van der Waals surface area contributed by atoms with E-state index < -0.39 is 0 Å². The molecule has 0 spiro atoms. The Morgan fingerprint density at radius 3 is 1.67 bits per heavy atom. The van der Waals surface area contributed by atoms with E-state index in [1.54, 1.807) is 0 Å². The molecular weight excluding hydrogens is 114 g/mol. The van der Waals surface area contributed by atoms with Crippen LogP contribution in [0.2, 0.25) is 0 Å². The lowest BCUT2D eigenvalue weighted by molar-refractivity contribution is 0.506. The van der Waals surface area contributed by atoms with Gasteiger partial charge in [-0.15, -0.1) is 0 Å². The summed E-state index contributed by atoms with van der Waals surface area (Å²) < 4.78 is 0. The molecule has 0 fully saturated rings. The Balaban J connectivity index is 3.50. The molecule has 0 aliphatic carbocycles. The van der Waals surface area contributed by atoms with Crippen molar-refractivity contribution in [1.29, 1.82) is 0 Å². The van der Waals surface area contributed by atoms with Crippen LogP contribution in [0.15, 0.2) is 0 Å². The van der Waals surface area contributed by atoms with Crippen molar-refractivity contribution < 1.29 is 0 Å². The average molecular weight is 130 g/mol. The van der Waals surface area contributed by atoms with E-state index >= 15 is 0 Å². The molecule has 0 amide bonds. The summed E-state index contributed by atoms with van der Waals surface area (Å²) in [5.74, 6) is 0. The van der Waals surface area contributed by atoms with E-state index in [0.717, 1.165) is 6.17 Å². The molecule has 0 rings (SSSR count). The van der Waals surface area contributed by atoms with Gasteiger partial charge in [0.25, 0.3) is 0 Å². The summed E-state index contributed by atoms with van der Waals surface area (Å²) in [5, 5.41) is 9.20. The molecule has 3 nitrogen and oxygen atoms in total. The topological polar surface area (TPSA) is 36.1 Å². The van der Waals surface area contributed by atoms with E-state index in [2.05, 4.69) is 22.9 Å². The molecule has 0 heterocycles. The molecule has 1 unspecified atom stereocenters. The number of likely N-dealkylation sites (N-methyl/N-ethyl adjacent to an activating group) is 3. The smallest absolute Gasteiger partial charge is 0.118 e. The predicted molar refractivity (Wildman–Crippen MR) is 39.9 cm³/mol. The van der Waals surface area contributed by atoms with Crippen LogP contribution in [-0.4, -0.2) is 27.2 Å². The van der Waals surface area contributed by atoms with Gasteiger partial charge in [0.15, 0.2) is 0 Å². The maximum atomic E-state index is 3.10. The second-order valence-corrected chi connectivity index (χ2v) is 1.92. The summed E-state index contributed by atoms with van der Waals surface area (Å²) in [6, 6.07) is 0.375. The van der Waals surface area contributed by atoms with Crippen molar-refractivity contribution in [3.8, 4) is 0 Å². The van der Waals surface area contributed by atoms with Crippen LogP contribution in [0, 0.1) is 6.17 Å². The second-order valence-electron chi connectivity index (χ2n) is 1.92. The highest BCUT2D eigenvalue weighted by atomic mass is 15.1. The minimum atomic E-state index is 0.375. The molecule has 0 bridgehead atoms. The molecule has 55 valence electrons. The molecule has 0 aromatic rings. The van der Waals surface area contributed by atoms with Gasteiger partial charge in [-0.05, 0) is 28.1 Å². The van der Waals surface area contributed by atoms with Gasteiger partial charge in [0, 0.05) is 6.04 Å². The third-order valence-electron chi connectivity index (χ3n) is 1.40. The molecule has 0 aliphatic rings. The van der Waals surface area contributed by atoms with Crippen LogP contribution in [0.3, 0.4) is 0 Å². The Hall–Kier alpha value is -0.120. The first kappa shape index (κ1) is 8.88. The first-order valence-corrected chi connectivity index (χ1v) is 3.15. The second kappa shape index (κ2) is 4.73. The normalized spacial score (nSPS) is 14.3. The van der Waals surface area contributed by atoms with Gasteiger partial charge in [0.2, 0.25) is 0 Å². The van der Waals surface area contributed by atoms with Crippen LogP contribution in [0.25, 0.3) is 0 Å². The minimum Gasteiger partial charge on any atom is -0.314 e. The summed E-state index contributed by atoms with van der Waals surface area (Å²) in [7, 11) is 5.73. The first-order valence-electron chi connectivity index (χ1n) is 3.15. The minimum absolute atomic E-state index is 0.375. The van der Waals surface area contributed by atoms with Crippen molar-refractivity contribution in [3.05, 3.63) is 6.17 Å². The van der Waals surface area contributed by atoms with E-state index in [4.69, 9.17) is 0 Å². The van der Waals surface area contributed by atoms with Gasteiger partial charge >= 0.3 is 0 Å². The van der Waals surface area contributed by atoms with Gasteiger partial charge in [0.05, 0.1) is 0 Å².